The van der Waals surface area contributed by atoms with Crippen molar-refractivity contribution in [1.29, 1.82) is 0 Å². The molecule has 26 heavy (non-hydrogen) atoms. The monoisotopic (exact) mass is 345 g/mol. The van der Waals surface area contributed by atoms with Crippen LogP contribution in [0.3, 0.4) is 0 Å². The van der Waals surface area contributed by atoms with E-state index in [2.05, 4.69) is 49.5 Å². The van der Waals surface area contributed by atoms with E-state index in [1.807, 2.05) is 30.3 Å². The van der Waals surface area contributed by atoms with E-state index in [-0.39, 0.29) is 5.91 Å². The van der Waals surface area contributed by atoms with Gasteiger partial charge in [-0.25, -0.2) is 0 Å². The van der Waals surface area contributed by atoms with Crippen LogP contribution in [0.1, 0.15) is 61.8 Å². The number of amides is 1. The number of benzene rings is 2. The number of anilines is 1. The molecule has 2 aromatic rings. The van der Waals surface area contributed by atoms with Gasteiger partial charge in [0.25, 0.3) is 5.91 Å². The van der Waals surface area contributed by atoms with Gasteiger partial charge >= 0.3 is 0 Å². The van der Waals surface area contributed by atoms with Gasteiger partial charge in [-0.3, -0.25) is 4.79 Å². The molecule has 0 saturated heterocycles. The predicted octanol–water partition coefficient (Wildman–Crippen LogP) is 6.34. The van der Waals surface area contributed by atoms with Gasteiger partial charge in [0.15, 0.2) is 0 Å². The first-order valence-electron chi connectivity index (χ1n) is 9.64. The average Bonchev–Trinajstić information content (AvgIpc) is 2.97. The second-order valence-corrected chi connectivity index (χ2v) is 6.81. The van der Waals surface area contributed by atoms with Gasteiger partial charge in [0.1, 0.15) is 0 Å². The molecule has 0 spiro atoms. The fourth-order valence-electron chi connectivity index (χ4n) is 3.29. The quantitative estimate of drug-likeness (QED) is 0.583. The molecule has 1 aliphatic rings. The van der Waals surface area contributed by atoms with Crippen molar-refractivity contribution in [2.75, 3.05) is 5.32 Å². The number of para-hydroxylation sites is 1. The summed E-state index contributed by atoms with van der Waals surface area (Å²) in [5, 5.41) is 2.94. The molecule has 0 aromatic heterocycles. The van der Waals surface area contributed by atoms with E-state index in [1.54, 1.807) is 0 Å². The third-order valence-corrected chi connectivity index (χ3v) is 4.74. The maximum Gasteiger partial charge on any atom is 0.256 e. The molecular formula is C24H27NO. The fourth-order valence-corrected chi connectivity index (χ4v) is 3.29. The second kappa shape index (κ2) is 8.66. The lowest BCUT2D eigenvalue weighted by atomic mass is 9.96. The number of fused-ring (bicyclic) bond motifs is 1. The summed E-state index contributed by atoms with van der Waals surface area (Å²) in [5.41, 5.74) is 6.38. The molecule has 1 amide bonds. The van der Waals surface area contributed by atoms with Crippen molar-refractivity contribution >= 4 is 29.3 Å². The zero-order chi connectivity index (χ0) is 18.4. The van der Waals surface area contributed by atoms with E-state index in [4.69, 9.17) is 0 Å². The maximum atomic E-state index is 12.3. The third-order valence-electron chi connectivity index (χ3n) is 4.74. The van der Waals surface area contributed by atoms with Crippen LogP contribution < -0.4 is 5.32 Å². The number of carbonyl (C=O) groups excluding carboxylic acids is 1. The lowest BCUT2D eigenvalue weighted by Gasteiger charge is -2.08. The topological polar surface area (TPSA) is 29.1 Å². The van der Waals surface area contributed by atoms with Gasteiger partial charge in [-0.2, -0.15) is 0 Å². The van der Waals surface area contributed by atoms with E-state index in [0.717, 1.165) is 35.2 Å². The van der Waals surface area contributed by atoms with Crippen LogP contribution >= 0.6 is 0 Å². The minimum Gasteiger partial charge on any atom is -0.321 e. The number of unbranched alkanes of at least 4 members (excludes halogenated alkanes) is 2. The minimum absolute atomic E-state index is 0.0202. The molecule has 134 valence electrons. The van der Waals surface area contributed by atoms with E-state index in [1.165, 1.54) is 30.4 Å². The molecule has 1 aliphatic heterocycles. The molecule has 2 nitrogen and oxygen atoms in total. The third kappa shape index (κ3) is 4.13. The molecule has 3 rings (SSSR count). The molecule has 0 unspecified atom stereocenters. The number of nitrogens with one attached hydrogen (secondary N) is 1. The Balaban J connectivity index is 1.94. The smallest absolute Gasteiger partial charge is 0.256 e. The summed E-state index contributed by atoms with van der Waals surface area (Å²) in [6.07, 6.45) is 12.2. The summed E-state index contributed by atoms with van der Waals surface area (Å²) in [4.78, 5) is 12.3. The first kappa shape index (κ1) is 18.2. The normalized spacial score (nSPS) is 14.8. The van der Waals surface area contributed by atoms with Gasteiger partial charge in [0.05, 0.1) is 0 Å². The van der Waals surface area contributed by atoms with Crippen LogP contribution in [-0.2, 0) is 11.2 Å². The second-order valence-electron chi connectivity index (χ2n) is 6.81. The highest BCUT2D eigenvalue weighted by Crippen LogP contribution is 2.33. The van der Waals surface area contributed by atoms with Crippen LogP contribution in [0.5, 0.6) is 0 Å². The van der Waals surface area contributed by atoms with Crippen molar-refractivity contribution in [1.82, 2.24) is 0 Å². The number of hydrogen-bond donors (Lipinski definition) is 1. The molecular weight excluding hydrogens is 318 g/mol. The molecule has 0 atom stereocenters. The van der Waals surface area contributed by atoms with E-state index in [0.29, 0.717) is 0 Å². The average molecular weight is 345 g/mol. The van der Waals surface area contributed by atoms with Gasteiger partial charge in [0, 0.05) is 16.8 Å². The summed E-state index contributed by atoms with van der Waals surface area (Å²) < 4.78 is 0. The molecule has 0 aliphatic carbocycles. The Bertz CT molecular complexity index is 845. The predicted molar refractivity (Wildman–Crippen MR) is 112 cm³/mol. The van der Waals surface area contributed by atoms with Gasteiger partial charge in [-0.1, -0.05) is 75.2 Å². The summed E-state index contributed by atoms with van der Waals surface area (Å²) in [6, 6.07) is 14.4. The highest BCUT2D eigenvalue weighted by molar-refractivity contribution is 6.34. The Morgan fingerprint density at radius 3 is 2.69 bits per heavy atom. The van der Waals surface area contributed by atoms with Crippen molar-refractivity contribution in [3.05, 3.63) is 70.8 Å². The SMILES string of the molecule is CCCC=Cc1ccc(C=C2C(=O)Nc3ccccc32)cc1CCCC. The minimum atomic E-state index is -0.0202. The highest BCUT2D eigenvalue weighted by atomic mass is 16.2. The molecule has 2 aromatic carbocycles. The van der Waals surface area contributed by atoms with Crippen molar-refractivity contribution in [2.24, 2.45) is 0 Å². The van der Waals surface area contributed by atoms with Crippen molar-refractivity contribution in [3.63, 3.8) is 0 Å². The molecule has 2 heteroatoms. The van der Waals surface area contributed by atoms with Crippen molar-refractivity contribution < 1.29 is 4.79 Å². The zero-order valence-corrected chi connectivity index (χ0v) is 15.7. The number of allylic oxidation sites excluding steroid dienone is 1. The lowest BCUT2D eigenvalue weighted by molar-refractivity contribution is -0.110. The van der Waals surface area contributed by atoms with Gasteiger partial charge in [-0.15, -0.1) is 0 Å². The summed E-state index contributed by atoms with van der Waals surface area (Å²) in [7, 11) is 0. The largest absolute Gasteiger partial charge is 0.321 e. The first-order valence-corrected chi connectivity index (χ1v) is 9.64. The molecule has 0 fully saturated rings. The Morgan fingerprint density at radius 1 is 1.04 bits per heavy atom. The Hall–Kier alpha value is -2.61. The Morgan fingerprint density at radius 2 is 1.88 bits per heavy atom. The van der Waals surface area contributed by atoms with Crippen LogP contribution in [0.15, 0.2) is 48.5 Å². The summed E-state index contributed by atoms with van der Waals surface area (Å²) in [6.45, 7) is 4.42. The first-order chi connectivity index (χ1) is 12.7. The molecule has 1 heterocycles. The number of hydrogen-bond acceptors (Lipinski definition) is 1. The summed E-state index contributed by atoms with van der Waals surface area (Å²) >= 11 is 0. The Labute approximate surface area is 156 Å². The standard InChI is InChI=1S/C24H27NO/c1-3-5-7-11-19-15-14-18(16-20(19)10-6-4-2)17-22-21-12-8-9-13-23(21)25-24(22)26/h7-9,11-17H,3-6,10H2,1-2H3,(H,25,26). The van der Waals surface area contributed by atoms with Gasteiger partial charge in [0.2, 0.25) is 0 Å². The fraction of sp³-hybridized carbons (Fsp3) is 0.292. The van der Waals surface area contributed by atoms with Crippen molar-refractivity contribution in [2.45, 2.75) is 46.0 Å². The van der Waals surface area contributed by atoms with Gasteiger partial charge < -0.3 is 5.32 Å². The number of aryl methyl sites for hydroxylation is 1. The lowest BCUT2D eigenvalue weighted by Crippen LogP contribution is -2.03. The number of rotatable bonds is 7. The van der Waals surface area contributed by atoms with Crippen molar-refractivity contribution in [3.8, 4) is 0 Å². The molecule has 0 bridgehead atoms. The van der Waals surface area contributed by atoms with Crippen LogP contribution in [0.2, 0.25) is 0 Å². The summed E-state index contributed by atoms with van der Waals surface area (Å²) in [5.74, 6) is -0.0202. The van der Waals surface area contributed by atoms with E-state index in [9.17, 15) is 4.79 Å². The van der Waals surface area contributed by atoms with E-state index < -0.39 is 0 Å². The molecule has 0 saturated carbocycles. The molecule has 0 radical (unpaired) electrons. The van der Waals surface area contributed by atoms with Crippen LogP contribution in [-0.4, -0.2) is 5.91 Å². The molecule has 1 N–H and O–H groups in total. The van der Waals surface area contributed by atoms with Gasteiger partial charge in [-0.05, 0) is 48.1 Å². The maximum absolute atomic E-state index is 12.3. The number of carbonyl (C=O) groups is 1. The van der Waals surface area contributed by atoms with Crippen LogP contribution in [0, 0.1) is 0 Å². The van der Waals surface area contributed by atoms with Crippen LogP contribution in [0.25, 0.3) is 17.7 Å². The highest BCUT2D eigenvalue weighted by Gasteiger charge is 2.23. The van der Waals surface area contributed by atoms with Crippen LogP contribution in [0.4, 0.5) is 5.69 Å². The Kier molecular flexibility index (Phi) is 6.06. The zero-order valence-electron chi connectivity index (χ0n) is 15.7. The van der Waals surface area contributed by atoms with E-state index >= 15 is 0 Å².